The molecule has 2 saturated heterocycles. The average molecular weight is 473 g/mol. The molecule has 13 nitrogen and oxygen atoms in total. The number of nitrogens with zero attached hydrogens (tertiary/aromatic N) is 4. The molecule has 2 aliphatic heterocycles. The van der Waals surface area contributed by atoms with Crippen molar-refractivity contribution < 1.29 is 38.4 Å². The lowest BCUT2D eigenvalue weighted by atomic mass is 9.87. The molecule has 0 spiro atoms. The van der Waals surface area contributed by atoms with Crippen LogP contribution in [0.25, 0.3) is 5.53 Å². The van der Waals surface area contributed by atoms with Gasteiger partial charge in [-0.3, -0.25) is 24.6 Å². The Hall–Kier alpha value is -4.12. The summed E-state index contributed by atoms with van der Waals surface area (Å²) in [6, 6.07) is 3.94. The first-order valence-electron chi connectivity index (χ1n) is 10.4. The highest BCUT2D eigenvalue weighted by molar-refractivity contribution is 6.62. The largest absolute Gasteiger partial charge is 0.452 e. The summed E-state index contributed by atoms with van der Waals surface area (Å²) in [4.78, 5) is 63.5. The van der Waals surface area contributed by atoms with Gasteiger partial charge >= 0.3 is 17.8 Å². The van der Waals surface area contributed by atoms with Gasteiger partial charge in [-0.1, -0.05) is 0 Å². The second kappa shape index (κ2) is 9.40. The molecular formula is C21H23N5O8. The molecular weight excluding hydrogens is 450 g/mol. The number of non-ortho nitro benzene ring substituents is 1. The van der Waals surface area contributed by atoms with Gasteiger partial charge in [0.05, 0.1) is 11.0 Å². The predicted octanol–water partition coefficient (Wildman–Crippen LogP) is 1.00. The lowest BCUT2D eigenvalue weighted by Crippen LogP contribution is -2.66. The van der Waals surface area contributed by atoms with Crippen molar-refractivity contribution in [2.24, 2.45) is 5.92 Å². The highest BCUT2D eigenvalue weighted by atomic mass is 16.6. The lowest BCUT2D eigenvalue weighted by Gasteiger charge is -2.37. The van der Waals surface area contributed by atoms with Crippen molar-refractivity contribution >= 4 is 35.2 Å². The summed E-state index contributed by atoms with van der Waals surface area (Å²) in [6.07, 6.45) is -0.974. The molecule has 1 aromatic rings. The van der Waals surface area contributed by atoms with Crippen LogP contribution in [-0.4, -0.2) is 68.3 Å². The summed E-state index contributed by atoms with van der Waals surface area (Å²) in [5.41, 5.74) is 7.89. The molecule has 1 aromatic carbocycles. The first-order chi connectivity index (χ1) is 15.9. The van der Waals surface area contributed by atoms with Crippen LogP contribution in [0.4, 0.5) is 10.5 Å². The number of esters is 1. The van der Waals surface area contributed by atoms with Gasteiger partial charge in [0.1, 0.15) is 18.2 Å². The molecule has 2 fully saturated rings. The van der Waals surface area contributed by atoms with Gasteiger partial charge in [-0.05, 0) is 38.5 Å². The fraction of sp³-hybridized carbons (Fsp3) is 0.476. The molecule has 0 unspecified atom stereocenters. The van der Waals surface area contributed by atoms with Crippen molar-refractivity contribution in [2.75, 3.05) is 6.54 Å². The molecule has 0 aliphatic carbocycles. The Bertz CT molecular complexity index is 1090. The molecule has 3 atom stereocenters. The standard InChI is InChI=1S/C21H23N5O8/c1-21(2,3)34-20(30)25-9-12(15-17(25)18(28)23-15)8-14(27)16(24-22)19(29)33-10-11-4-6-13(7-5-11)26(31)32/h4-7,12,15,17H,8-10H2,1-3H3,(H,23,28)/t12-,15-,17+/m1/s1. The van der Waals surface area contributed by atoms with Gasteiger partial charge in [-0.15, -0.1) is 0 Å². The third kappa shape index (κ3) is 5.26. The number of benzene rings is 1. The normalized spacial score (nSPS) is 20.9. The van der Waals surface area contributed by atoms with Crippen molar-refractivity contribution in [3.05, 3.63) is 45.5 Å². The fourth-order valence-electron chi connectivity index (χ4n) is 3.76. The Morgan fingerprint density at radius 3 is 2.44 bits per heavy atom. The van der Waals surface area contributed by atoms with Crippen LogP contribution in [0.15, 0.2) is 24.3 Å². The van der Waals surface area contributed by atoms with E-state index in [1.165, 1.54) is 29.2 Å². The molecule has 0 radical (unpaired) electrons. The highest BCUT2D eigenvalue weighted by Crippen LogP contribution is 2.33. The molecule has 2 heterocycles. The van der Waals surface area contributed by atoms with E-state index in [-0.39, 0.29) is 31.2 Å². The summed E-state index contributed by atoms with van der Waals surface area (Å²) in [7, 11) is 0. The van der Waals surface area contributed by atoms with Crippen LogP contribution in [0.5, 0.6) is 0 Å². The lowest BCUT2D eigenvalue weighted by molar-refractivity contribution is -0.384. The Kier molecular flexibility index (Phi) is 6.78. The maximum absolute atomic E-state index is 12.7. The molecule has 2 amide bonds. The van der Waals surface area contributed by atoms with E-state index in [0.717, 1.165) is 0 Å². The minimum absolute atomic E-state index is 0.0330. The van der Waals surface area contributed by atoms with Crippen molar-refractivity contribution in [2.45, 2.75) is 51.5 Å². The summed E-state index contributed by atoms with van der Waals surface area (Å²) in [5, 5.41) is 13.3. The number of hydrogen-bond acceptors (Lipinski definition) is 8. The van der Waals surface area contributed by atoms with Gasteiger partial charge in [0.2, 0.25) is 5.91 Å². The third-order valence-electron chi connectivity index (χ3n) is 5.34. The second-order valence-corrected chi connectivity index (χ2v) is 8.95. The van der Waals surface area contributed by atoms with Crippen molar-refractivity contribution in [3.63, 3.8) is 0 Å². The number of Topliss-reactive ketones (excluding diaryl/α,β-unsaturated/α-hetero) is 1. The van der Waals surface area contributed by atoms with Gasteiger partial charge in [0.15, 0.2) is 0 Å². The van der Waals surface area contributed by atoms with E-state index >= 15 is 0 Å². The number of carbonyl (C=O) groups is 4. The average Bonchev–Trinajstić information content (AvgIpc) is 3.03. The van der Waals surface area contributed by atoms with E-state index in [9.17, 15) is 34.8 Å². The van der Waals surface area contributed by atoms with E-state index in [0.29, 0.717) is 5.56 Å². The molecule has 180 valence electrons. The topological polar surface area (TPSA) is 182 Å². The van der Waals surface area contributed by atoms with Gasteiger partial charge in [-0.2, -0.15) is 4.79 Å². The quantitative estimate of drug-likeness (QED) is 0.0889. The zero-order valence-corrected chi connectivity index (χ0v) is 18.7. The number of rotatable bonds is 7. The number of nitro benzene ring substituents is 1. The maximum atomic E-state index is 12.7. The number of ether oxygens (including phenoxy) is 2. The van der Waals surface area contributed by atoms with Crippen LogP contribution in [0.2, 0.25) is 0 Å². The Morgan fingerprint density at radius 2 is 1.91 bits per heavy atom. The number of likely N-dealkylation sites (tertiary alicyclic amines) is 1. The summed E-state index contributed by atoms with van der Waals surface area (Å²) < 4.78 is 10.3. The molecule has 3 rings (SSSR count). The van der Waals surface area contributed by atoms with Crippen LogP contribution in [0, 0.1) is 16.0 Å². The van der Waals surface area contributed by atoms with Gasteiger partial charge in [-0.25, -0.2) is 9.59 Å². The van der Waals surface area contributed by atoms with Gasteiger partial charge < -0.3 is 20.3 Å². The second-order valence-electron chi connectivity index (χ2n) is 8.95. The Morgan fingerprint density at radius 1 is 1.26 bits per heavy atom. The number of fused-ring (bicyclic) bond motifs is 1. The zero-order valence-electron chi connectivity index (χ0n) is 18.7. The Balaban J connectivity index is 1.60. The van der Waals surface area contributed by atoms with E-state index in [2.05, 4.69) is 10.1 Å². The van der Waals surface area contributed by atoms with Crippen molar-refractivity contribution in [3.8, 4) is 0 Å². The SMILES string of the molecule is CC(C)(C)OC(=O)N1C[C@@H](CC(=O)C(=[N+]=[N-])C(=O)OCc2ccc([N+](=O)[O-])cc2)[C@H]2NC(=O)[C@H]21. The van der Waals surface area contributed by atoms with E-state index < -0.39 is 52.1 Å². The molecule has 0 aromatic heterocycles. The summed E-state index contributed by atoms with van der Waals surface area (Å²) in [6.45, 7) is 4.79. The van der Waals surface area contributed by atoms with Crippen molar-refractivity contribution in [1.29, 1.82) is 0 Å². The fourth-order valence-corrected chi connectivity index (χ4v) is 3.76. The van der Waals surface area contributed by atoms with Crippen LogP contribution in [0.3, 0.4) is 0 Å². The first kappa shape index (κ1) is 24.5. The molecule has 1 N–H and O–H groups in total. The first-order valence-corrected chi connectivity index (χ1v) is 10.4. The molecule has 2 aliphatic rings. The van der Waals surface area contributed by atoms with Crippen LogP contribution >= 0.6 is 0 Å². The van der Waals surface area contributed by atoms with E-state index in [1.54, 1.807) is 20.8 Å². The van der Waals surface area contributed by atoms with Gasteiger partial charge in [0.25, 0.3) is 11.5 Å². The minimum atomic E-state index is -1.18. The summed E-state index contributed by atoms with van der Waals surface area (Å²) >= 11 is 0. The van der Waals surface area contributed by atoms with E-state index in [4.69, 9.17) is 9.47 Å². The van der Waals surface area contributed by atoms with Crippen LogP contribution < -0.4 is 5.32 Å². The van der Waals surface area contributed by atoms with Crippen LogP contribution in [-0.2, 0) is 30.5 Å². The van der Waals surface area contributed by atoms with Crippen molar-refractivity contribution in [1.82, 2.24) is 10.2 Å². The monoisotopic (exact) mass is 473 g/mol. The smallest absolute Gasteiger partial charge is 0.441 e. The molecule has 0 saturated carbocycles. The Labute approximate surface area is 193 Å². The van der Waals surface area contributed by atoms with Gasteiger partial charge in [0, 0.05) is 31.0 Å². The number of nitro groups is 1. The highest BCUT2D eigenvalue weighted by Gasteiger charge is 2.56. The number of ketones is 1. The zero-order chi connectivity index (χ0) is 25.2. The number of hydrogen-bond donors (Lipinski definition) is 1. The molecule has 34 heavy (non-hydrogen) atoms. The number of nitrogens with one attached hydrogen (secondary N) is 1. The number of β-lactam (4-membered cyclic amide) rings is 1. The molecule has 13 heteroatoms. The summed E-state index contributed by atoms with van der Waals surface area (Å²) in [5.74, 6) is -2.90. The number of carbonyl (C=O) groups excluding carboxylic acids is 4. The van der Waals surface area contributed by atoms with Crippen LogP contribution in [0.1, 0.15) is 32.8 Å². The van der Waals surface area contributed by atoms with E-state index in [1.807, 2.05) is 0 Å². The minimum Gasteiger partial charge on any atom is -0.452 e. The predicted molar refractivity (Wildman–Crippen MR) is 113 cm³/mol. The maximum Gasteiger partial charge on any atom is 0.441 e. The third-order valence-corrected chi connectivity index (χ3v) is 5.34. The molecule has 0 bridgehead atoms. The number of amides is 2.